The van der Waals surface area contributed by atoms with E-state index in [0.29, 0.717) is 12.2 Å². The molecule has 7 nitrogen and oxygen atoms in total. The van der Waals surface area contributed by atoms with Crippen LogP contribution in [0.3, 0.4) is 0 Å². The van der Waals surface area contributed by atoms with Gasteiger partial charge in [0.05, 0.1) is 5.69 Å². The third-order valence-corrected chi connectivity index (χ3v) is 3.38. The molecule has 2 rings (SSSR count). The number of amides is 1. The van der Waals surface area contributed by atoms with Crippen molar-refractivity contribution in [3.05, 3.63) is 50.8 Å². The van der Waals surface area contributed by atoms with E-state index in [1.807, 2.05) is 27.7 Å². The molecule has 1 N–H and O–H groups in total. The van der Waals surface area contributed by atoms with Gasteiger partial charge in [0.2, 0.25) is 11.9 Å². The molecule has 0 fully saturated rings. The quantitative estimate of drug-likeness (QED) is 0.926. The van der Waals surface area contributed by atoms with E-state index in [1.54, 1.807) is 24.3 Å². The highest BCUT2D eigenvalue weighted by Crippen LogP contribution is 2.18. The number of H-pyrrole nitrogens is 1. The molecule has 0 spiro atoms. The Bertz CT molecular complexity index is 826. The number of carbonyl (C=O) groups is 1. The van der Waals surface area contributed by atoms with Crippen LogP contribution in [0.5, 0.6) is 0 Å². The van der Waals surface area contributed by atoms with E-state index in [0.717, 1.165) is 10.1 Å². The maximum Gasteiger partial charge on any atom is 0.359 e. The molecule has 128 valence electrons. The largest absolute Gasteiger partial charge is 0.359 e. The zero-order valence-electron chi connectivity index (χ0n) is 14.6. The Kier molecular flexibility index (Phi) is 4.73. The molecule has 0 aliphatic heterocycles. The van der Waals surface area contributed by atoms with Gasteiger partial charge in [0.15, 0.2) is 0 Å². The molecule has 0 radical (unpaired) electrons. The Morgan fingerprint density at radius 3 is 2.25 bits per heavy atom. The molecule has 1 amide bonds. The zero-order valence-corrected chi connectivity index (χ0v) is 14.6. The molecule has 24 heavy (non-hydrogen) atoms. The van der Waals surface area contributed by atoms with Crippen LogP contribution >= 0.6 is 0 Å². The normalized spacial score (nSPS) is 11.4. The van der Waals surface area contributed by atoms with Crippen molar-refractivity contribution in [2.45, 2.75) is 34.6 Å². The highest BCUT2D eigenvalue weighted by atomic mass is 16.2. The predicted molar refractivity (Wildman–Crippen MR) is 92.7 cm³/mol. The lowest BCUT2D eigenvalue weighted by molar-refractivity contribution is -0.116. The highest BCUT2D eigenvalue weighted by molar-refractivity contribution is 5.89. The number of aromatic nitrogens is 3. The number of aromatic amines is 1. The number of nitrogens with one attached hydrogen (secondary N) is 1. The lowest BCUT2D eigenvalue weighted by Gasteiger charge is -2.27. The van der Waals surface area contributed by atoms with Crippen molar-refractivity contribution < 1.29 is 4.79 Å². The van der Waals surface area contributed by atoms with Crippen LogP contribution in [0, 0.1) is 12.3 Å². The van der Waals surface area contributed by atoms with Crippen LogP contribution in [0.2, 0.25) is 0 Å². The molecular weight excluding hydrogens is 308 g/mol. The summed E-state index contributed by atoms with van der Waals surface area (Å²) >= 11 is 0. The van der Waals surface area contributed by atoms with Crippen molar-refractivity contribution >= 4 is 11.9 Å². The standard InChI is InChI=1S/C17H22N4O3/c1-11-6-8-13(9-7-11)21-15(23)18-14(19-16(21)24)20(12(2)22)10-17(3,4)5/h6-9H,10H2,1-5H3,(H,18,19,23,24). The van der Waals surface area contributed by atoms with Crippen LogP contribution in [-0.2, 0) is 4.79 Å². The SMILES string of the molecule is CC(=O)N(CC(C)(C)C)c1nc(=O)n(-c2ccc(C)cc2)c(=O)[nH]1. The summed E-state index contributed by atoms with van der Waals surface area (Å²) in [5.41, 5.74) is -0.126. The molecule has 2 aromatic rings. The van der Waals surface area contributed by atoms with Crippen LogP contribution in [0.4, 0.5) is 5.95 Å². The van der Waals surface area contributed by atoms with E-state index in [-0.39, 0.29) is 17.3 Å². The van der Waals surface area contributed by atoms with Gasteiger partial charge in [-0.25, -0.2) is 14.2 Å². The second-order valence-corrected chi connectivity index (χ2v) is 6.98. The Labute approximate surface area is 140 Å². The van der Waals surface area contributed by atoms with Crippen LogP contribution in [0.25, 0.3) is 5.69 Å². The first kappa shape index (κ1) is 17.7. The molecule has 0 aliphatic rings. The number of nitrogens with zero attached hydrogens (tertiary/aromatic N) is 3. The second kappa shape index (κ2) is 6.43. The van der Waals surface area contributed by atoms with Crippen molar-refractivity contribution in [2.24, 2.45) is 5.41 Å². The summed E-state index contributed by atoms with van der Waals surface area (Å²) in [4.78, 5) is 44.3. The van der Waals surface area contributed by atoms with E-state index in [1.165, 1.54) is 11.8 Å². The van der Waals surface area contributed by atoms with Gasteiger partial charge in [-0.1, -0.05) is 38.5 Å². The van der Waals surface area contributed by atoms with E-state index in [4.69, 9.17) is 0 Å². The number of aryl methyl sites for hydroxylation is 1. The molecule has 0 atom stereocenters. The fraction of sp³-hybridized carbons (Fsp3) is 0.412. The maximum absolute atomic E-state index is 12.4. The first-order valence-corrected chi connectivity index (χ1v) is 7.67. The van der Waals surface area contributed by atoms with Crippen molar-refractivity contribution in [1.29, 1.82) is 0 Å². The smallest absolute Gasteiger partial charge is 0.282 e. The fourth-order valence-electron chi connectivity index (χ4n) is 2.27. The van der Waals surface area contributed by atoms with Crippen LogP contribution < -0.4 is 16.3 Å². The maximum atomic E-state index is 12.4. The number of rotatable bonds is 3. The number of anilines is 1. The zero-order chi connectivity index (χ0) is 18.1. The van der Waals surface area contributed by atoms with Crippen molar-refractivity contribution in [3.63, 3.8) is 0 Å². The summed E-state index contributed by atoms with van der Waals surface area (Å²) in [5, 5.41) is 0. The highest BCUT2D eigenvalue weighted by Gasteiger charge is 2.23. The van der Waals surface area contributed by atoms with Gasteiger partial charge in [-0.2, -0.15) is 4.98 Å². The Morgan fingerprint density at radius 1 is 1.21 bits per heavy atom. The molecule has 7 heteroatoms. The van der Waals surface area contributed by atoms with Crippen LogP contribution in [-0.4, -0.2) is 27.0 Å². The summed E-state index contributed by atoms with van der Waals surface area (Å²) in [6.07, 6.45) is 0. The second-order valence-electron chi connectivity index (χ2n) is 6.98. The van der Waals surface area contributed by atoms with Gasteiger partial charge in [0, 0.05) is 13.5 Å². The lowest BCUT2D eigenvalue weighted by atomic mass is 9.96. The summed E-state index contributed by atoms with van der Waals surface area (Å²) in [6.45, 7) is 9.48. The van der Waals surface area contributed by atoms with Gasteiger partial charge < -0.3 is 0 Å². The predicted octanol–water partition coefficient (Wildman–Crippen LogP) is 1.63. The van der Waals surface area contributed by atoms with Crippen molar-refractivity contribution in [2.75, 3.05) is 11.4 Å². The van der Waals surface area contributed by atoms with E-state index >= 15 is 0 Å². The molecular formula is C17H22N4O3. The van der Waals surface area contributed by atoms with Crippen molar-refractivity contribution in [3.8, 4) is 5.69 Å². The van der Waals surface area contributed by atoms with Gasteiger partial charge in [-0.05, 0) is 24.5 Å². The molecule has 0 bridgehead atoms. The summed E-state index contributed by atoms with van der Waals surface area (Å²) in [7, 11) is 0. The van der Waals surface area contributed by atoms with Gasteiger partial charge >= 0.3 is 11.4 Å². The molecule has 0 saturated carbocycles. The Balaban J connectivity index is 2.53. The fourth-order valence-corrected chi connectivity index (χ4v) is 2.27. The topological polar surface area (TPSA) is 88.1 Å². The minimum atomic E-state index is -0.724. The van der Waals surface area contributed by atoms with Gasteiger partial charge in [0.1, 0.15) is 0 Å². The summed E-state index contributed by atoms with van der Waals surface area (Å²) in [6, 6.07) is 6.95. The average molecular weight is 330 g/mol. The van der Waals surface area contributed by atoms with Crippen molar-refractivity contribution in [1.82, 2.24) is 14.5 Å². The van der Waals surface area contributed by atoms with Crippen LogP contribution in [0.15, 0.2) is 33.9 Å². The van der Waals surface area contributed by atoms with E-state index in [9.17, 15) is 14.4 Å². The molecule has 1 aromatic heterocycles. The molecule has 1 aromatic carbocycles. The molecule has 0 saturated heterocycles. The first-order valence-electron chi connectivity index (χ1n) is 7.67. The molecule has 1 heterocycles. The van der Waals surface area contributed by atoms with E-state index < -0.39 is 11.4 Å². The summed E-state index contributed by atoms with van der Waals surface area (Å²) in [5.74, 6) is -0.323. The van der Waals surface area contributed by atoms with Gasteiger partial charge in [0.25, 0.3) is 0 Å². The van der Waals surface area contributed by atoms with E-state index in [2.05, 4.69) is 9.97 Å². The van der Waals surface area contributed by atoms with Crippen LogP contribution in [0.1, 0.15) is 33.3 Å². The van der Waals surface area contributed by atoms with Gasteiger partial charge in [-0.15, -0.1) is 0 Å². The summed E-state index contributed by atoms with van der Waals surface area (Å²) < 4.78 is 0.943. The Morgan fingerprint density at radius 2 is 1.79 bits per heavy atom. The molecule has 0 aliphatic carbocycles. The number of benzene rings is 1. The lowest BCUT2D eigenvalue weighted by Crippen LogP contribution is -2.43. The third-order valence-electron chi connectivity index (χ3n) is 3.38. The molecule has 0 unspecified atom stereocenters. The first-order chi connectivity index (χ1) is 11.1. The Hall–Kier alpha value is -2.70. The number of carbonyl (C=O) groups excluding carboxylic acids is 1. The minimum Gasteiger partial charge on any atom is -0.282 e. The van der Waals surface area contributed by atoms with Gasteiger partial charge in [-0.3, -0.25) is 14.7 Å². The minimum absolute atomic E-state index is 0.0317. The third kappa shape index (κ3) is 3.98. The number of hydrogen-bond donors (Lipinski definition) is 1. The number of hydrogen-bond acceptors (Lipinski definition) is 4. The monoisotopic (exact) mass is 330 g/mol. The average Bonchev–Trinajstić information content (AvgIpc) is 2.45.